The Balaban J connectivity index is 0.000000213. The smallest absolute Gasteiger partial charge is 0.416 e. The summed E-state index contributed by atoms with van der Waals surface area (Å²) >= 11 is 0. The molecule has 16 nitrogen and oxygen atoms in total. The van der Waals surface area contributed by atoms with E-state index in [4.69, 9.17) is 15.2 Å². The molecule has 0 radical (unpaired) electrons. The number of aryl methyl sites for hydroxylation is 2. The van der Waals surface area contributed by atoms with Crippen molar-refractivity contribution in [1.29, 1.82) is 0 Å². The maximum atomic E-state index is 12.2. The highest BCUT2D eigenvalue weighted by molar-refractivity contribution is 5.99. The number of nitrogens with two attached hydrogens (primary N) is 1. The highest BCUT2D eigenvalue weighted by Gasteiger charge is 2.33. The van der Waals surface area contributed by atoms with Crippen molar-refractivity contribution in [2.24, 2.45) is 69.9 Å². The van der Waals surface area contributed by atoms with Gasteiger partial charge in [-0.1, -0.05) is 215 Å². The van der Waals surface area contributed by atoms with Crippen molar-refractivity contribution in [3.05, 3.63) is 242 Å². The van der Waals surface area contributed by atoms with E-state index in [-0.39, 0.29) is 89.2 Å². The zero-order chi connectivity index (χ0) is 89.7. The first-order valence-electron chi connectivity index (χ1n) is 43.1. The Morgan fingerprint density at radius 3 is 1.26 bits per heavy atom. The van der Waals surface area contributed by atoms with Crippen LogP contribution in [0.1, 0.15) is 291 Å². The molecule has 14 rings (SSSR count). The number of hydrogen-bond acceptors (Lipinski definition) is 12. The molecule has 0 spiro atoms. The summed E-state index contributed by atoms with van der Waals surface area (Å²) in [5.41, 5.74) is 21.5. The van der Waals surface area contributed by atoms with E-state index >= 15 is 0 Å². The number of H-pyrrole nitrogens is 1. The number of aliphatic imine (C=N–C) groups is 1. The lowest BCUT2D eigenvalue weighted by molar-refractivity contribution is -0.137. The number of benzene rings is 7. The van der Waals surface area contributed by atoms with Crippen molar-refractivity contribution < 1.29 is 61.0 Å². The van der Waals surface area contributed by atoms with Gasteiger partial charge in [0.15, 0.2) is 34.6 Å². The monoisotopic (exact) mass is 1660 g/mol. The van der Waals surface area contributed by atoms with Crippen LogP contribution in [0.15, 0.2) is 169 Å². The highest BCUT2D eigenvalue weighted by Crippen LogP contribution is 2.46. The van der Waals surface area contributed by atoms with Gasteiger partial charge < -0.3 is 36.1 Å². The topological polar surface area (TPSA) is 245 Å². The maximum absolute atomic E-state index is 12.2. The molecule has 4 fully saturated rings. The number of aromatic nitrogens is 1. The van der Waals surface area contributed by atoms with Crippen LogP contribution in [-0.4, -0.2) is 64.6 Å². The number of allylic oxidation sites excluding steroid dienone is 1. The molecule has 0 saturated heterocycles. The molecule has 3 amide bonds. The lowest BCUT2D eigenvalue weighted by atomic mass is 9.94. The third-order valence-electron chi connectivity index (χ3n) is 20.7. The fourth-order valence-corrected chi connectivity index (χ4v) is 12.3. The highest BCUT2D eigenvalue weighted by atomic mass is 19.4. The van der Waals surface area contributed by atoms with Crippen LogP contribution in [0.4, 0.5) is 18.9 Å². The maximum Gasteiger partial charge on any atom is 0.416 e. The molecule has 2 aliphatic heterocycles. The summed E-state index contributed by atoms with van der Waals surface area (Å²) in [6.07, 6.45) is 10.6. The molecule has 6 aliphatic rings. The largest absolute Gasteiger partial charge is 0.454 e. The zero-order valence-corrected chi connectivity index (χ0v) is 75.2. The number of fused-ring (bicyclic) bond motifs is 3. The Bertz CT molecular complexity index is 4710. The summed E-state index contributed by atoms with van der Waals surface area (Å²) in [6, 6.07) is 45.1. The van der Waals surface area contributed by atoms with E-state index < -0.39 is 11.7 Å². The molecule has 6 N–H and O–H groups in total. The minimum absolute atomic E-state index is 0.00834. The van der Waals surface area contributed by atoms with E-state index in [0.717, 1.165) is 122 Å². The second-order valence-corrected chi connectivity index (χ2v) is 35.1. The van der Waals surface area contributed by atoms with Crippen LogP contribution in [0.25, 0.3) is 10.9 Å². The van der Waals surface area contributed by atoms with Gasteiger partial charge in [-0.2, -0.15) is 13.2 Å². The summed E-state index contributed by atoms with van der Waals surface area (Å²) in [5.74, 6) is 6.42. The van der Waals surface area contributed by atoms with Gasteiger partial charge in [-0.25, -0.2) is 0 Å². The number of halogens is 3. The number of rotatable bonds is 23. The summed E-state index contributed by atoms with van der Waals surface area (Å²) in [5, 5.41) is 9.85. The van der Waals surface area contributed by atoms with Gasteiger partial charge in [-0.3, -0.25) is 43.3 Å². The lowest BCUT2D eigenvalue weighted by Gasteiger charge is -2.10. The predicted molar refractivity (Wildman–Crippen MR) is 483 cm³/mol. The van der Waals surface area contributed by atoms with Crippen molar-refractivity contribution in [1.82, 2.24) is 20.9 Å². The predicted octanol–water partition coefficient (Wildman–Crippen LogP) is 23.5. The number of ketones is 5. The lowest BCUT2D eigenvalue weighted by Crippen LogP contribution is -2.27. The van der Waals surface area contributed by atoms with Crippen LogP contribution in [0.2, 0.25) is 0 Å². The van der Waals surface area contributed by atoms with Crippen molar-refractivity contribution >= 4 is 69.4 Å². The zero-order valence-electron chi connectivity index (χ0n) is 75.2. The molecule has 652 valence electrons. The molecule has 3 heterocycles. The molecule has 19 heteroatoms. The molecule has 4 saturated carbocycles. The van der Waals surface area contributed by atoms with Crippen LogP contribution < -0.4 is 31.2 Å². The summed E-state index contributed by atoms with van der Waals surface area (Å²) in [6.45, 7) is 44.0. The van der Waals surface area contributed by atoms with E-state index in [1.54, 1.807) is 13.8 Å². The minimum atomic E-state index is -4.35. The molecular formula is C102H133F3N6O10. The number of nitrogens with zero attached hydrogens (tertiary/aromatic N) is 1. The first kappa shape index (κ1) is 99.3. The Hall–Kier alpha value is -10.6. The van der Waals surface area contributed by atoms with Gasteiger partial charge in [0.2, 0.25) is 24.5 Å². The molecule has 7 aromatic carbocycles. The van der Waals surface area contributed by atoms with Gasteiger partial charge in [0, 0.05) is 125 Å². The van der Waals surface area contributed by atoms with Gasteiger partial charge in [0.25, 0.3) is 0 Å². The van der Waals surface area contributed by atoms with E-state index in [9.17, 15) is 51.5 Å². The van der Waals surface area contributed by atoms with Crippen molar-refractivity contribution in [3.8, 4) is 11.5 Å². The Morgan fingerprint density at radius 1 is 0.438 bits per heavy atom. The number of ether oxygens (including phenoxy) is 2. The van der Waals surface area contributed by atoms with E-state index in [1.807, 2.05) is 210 Å². The summed E-state index contributed by atoms with van der Waals surface area (Å²) < 4.78 is 47.0. The summed E-state index contributed by atoms with van der Waals surface area (Å²) in [4.78, 5) is 99.4. The fraction of sp³-hybridized carbons (Fsp3) is 0.461. The SMILES string of the molecule is C=C(N)C(C)C.CC(C)C(=O)C1CC1.CC(C)C(=O)NCc1ccc2[nH]ccc2c1.CC(C)C(=O)NCc1ccc2c(c1)CC=N2.CC(C)C(=O)NCc1ccc2c(c1)OCO2.CC(C)C(=O)c1cc(C2CC2)cc(C2CC2)c1.CC(C)C(=O)c1ccc(C(F)(F)F)cc1.CC(C)C(=O)c1ccc(C2CC2)cc1.Cc1cc(C)cc(C(=O)C(C)C)c1. The van der Waals surface area contributed by atoms with Gasteiger partial charge in [0.05, 0.1) is 11.3 Å². The van der Waals surface area contributed by atoms with Gasteiger partial charge in [0.1, 0.15) is 5.78 Å². The molecule has 0 atom stereocenters. The second-order valence-electron chi connectivity index (χ2n) is 35.1. The molecule has 1 aromatic heterocycles. The quantitative estimate of drug-likeness (QED) is 0.0377. The minimum Gasteiger partial charge on any atom is -0.454 e. The molecule has 4 aliphatic carbocycles. The average molecular weight is 1660 g/mol. The van der Waals surface area contributed by atoms with Crippen LogP contribution in [-0.2, 0) is 51.4 Å². The number of alkyl halides is 3. The average Bonchev–Trinajstić information content (AvgIpc) is 1.66. The number of aromatic amines is 1. The normalized spacial score (nSPS) is 13.8. The van der Waals surface area contributed by atoms with E-state index in [1.165, 1.54) is 78.3 Å². The third-order valence-corrected chi connectivity index (χ3v) is 20.7. The Kier molecular flexibility index (Phi) is 39.0. The Morgan fingerprint density at radius 2 is 0.843 bits per heavy atom. The first-order chi connectivity index (χ1) is 57.0. The molecule has 0 bridgehead atoms. The number of carbonyl (C=O) groups excluding carboxylic acids is 8. The third kappa shape index (κ3) is 34.5. The van der Waals surface area contributed by atoms with Gasteiger partial charge >= 0.3 is 6.18 Å². The van der Waals surface area contributed by atoms with Crippen molar-refractivity contribution in [3.63, 3.8) is 0 Å². The summed E-state index contributed by atoms with van der Waals surface area (Å²) in [7, 11) is 0. The molecule has 0 unspecified atom stereocenters. The number of carbonyl (C=O) groups is 8. The van der Waals surface area contributed by atoms with Crippen molar-refractivity contribution in [2.45, 2.75) is 240 Å². The fourth-order valence-electron chi connectivity index (χ4n) is 12.3. The van der Waals surface area contributed by atoms with Crippen molar-refractivity contribution in [2.75, 3.05) is 6.79 Å². The van der Waals surface area contributed by atoms with E-state index in [2.05, 4.69) is 81.0 Å². The number of hydrogen-bond donors (Lipinski definition) is 5. The van der Waals surface area contributed by atoms with Crippen LogP contribution >= 0.6 is 0 Å². The number of nitrogens with one attached hydrogen (secondary N) is 4. The van der Waals surface area contributed by atoms with Gasteiger partial charge in [-0.05, 0) is 206 Å². The first-order valence-corrected chi connectivity index (χ1v) is 43.1. The standard InChI is InChI=1S/C16H20O.2C13H16N2O.C13H16O.C12H15NO3.C12H16O.C11H11F3O.C7H12O.C5H11N/c1-10(2)16(17)15-8-13(11-3-4-11)7-14(9-15)12-5-6-12;2*1-9(2)13(16)15-8-10-3-4-12-11(7-10)5-6-14-12;1-9(2)13(14)12-7-5-11(6-8-12)10-3-4-10;1-8(2)12(14)13-6-9-3-4-10-11(5-9)16-7-15-10;1-8(2)12(13)11-6-9(3)5-10(4)7-11;1-7(2)10(15)8-3-5-9(6-4-8)11(12,13)14;1-5(2)7(8)6-3-4-6;1-4(2)5(3)6/h7-12H,3-6H2,1-2H3;3-4,6-7,9H,5,8H2,1-2H3,(H,15,16);3-7,9,14H,8H2,1-2H3,(H,15,16);5-10H,3-4H2,1-2H3;3-5,8H,6-7H2,1-2H3,(H,13,14);5-8H,1-4H3;3-7H,1-2H3;5-6H,3-4H2,1-2H3;4H,3,6H2,1-2H3. The van der Waals surface area contributed by atoms with E-state index in [0.29, 0.717) is 48.6 Å². The second kappa shape index (κ2) is 47.6. The van der Waals surface area contributed by atoms with Crippen LogP contribution in [0, 0.1) is 73.0 Å². The molecular weight excluding hydrogens is 1530 g/mol. The molecule has 121 heavy (non-hydrogen) atoms. The number of Topliss-reactive ketones (excluding diaryl/α,β-unsaturated/α-hetero) is 5. The van der Waals surface area contributed by atoms with Crippen LogP contribution in [0.3, 0.4) is 0 Å². The Labute approximate surface area is 717 Å². The number of amides is 3. The van der Waals surface area contributed by atoms with Crippen LogP contribution in [0.5, 0.6) is 11.5 Å². The van der Waals surface area contributed by atoms with Gasteiger partial charge in [-0.15, -0.1) is 0 Å². The molecule has 8 aromatic rings.